The topological polar surface area (TPSA) is 82.6 Å². The molecule has 24 heavy (non-hydrogen) atoms. The first kappa shape index (κ1) is 21.2. The molecule has 6 nitrogen and oxygen atoms in total. The number of aliphatic imine (C=N–C) groups is 1. The molecule has 142 valence electrons. The lowest BCUT2D eigenvalue weighted by Gasteiger charge is -2.25. The summed E-state index contributed by atoms with van der Waals surface area (Å²) in [6.07, 6.45) is 7.01. The van der Waals surface area contributed by atoms with Gasteiger partial charge in [0, 0.05) is 26.2 Å². The summed E-state index contributed by atoms with van der Waals surface area (Å²) in [6, 6.07) is 0.322. The molecule has 0 radical (unpaired) electrons. The summed E-state index contributed by atoms with van der Waals surface area (Å²) in [5.41, 5.74) is 0. The SMILES string of the molecule is CN=C(NCCS(=O)(=O)NCC1CCC1)NC(C)CCCC(C)C. The number of nitrogens with zero attached hydrogens (tertiary/aromatic N) is 1. The van der Waals surface area contributed by atoms with E-state index < -0.39 is 10.0 Å². The average molecular weight is 361 g/mol. The van der Waals surface area contributed by atoms with Crippen molar-refractivity contribution >= 4 is 16.0 Å². The number of nitrogens with one attached hydrogen (secondary N) is 3. The van der Waals surface area contributed by atoms with Crippen LogP contribution in [0.3, 0.4) is 0 Å². The van der Waals surface area contributed by atoms with Crippen LogP contribution in [0.1, 0.15) is 59.3 Å². The van der Waals surface area contributed by atoms with Crippen molar-refractivity contribution in [3.8, 4) is 0 Å². The van der Waals surface area contributed by atoms with E-state index in [0.29, 0.717) is 31.0 Å². The summed E-state index contributed by atoms with van der Waals surface area (Å²) in [6.45, 7) is 7.54. The maximum Gasteiger partial charge on any atom is 0.213 e. The highest BCUT2D eigenvalue weighted by Crippen LogP contribution is 2.25. The average Bonchev–Trinajstić information content (AvgIpc) is 2.43. The summed E-state index contributed by atoms with van der Waals surface area (Å²) in [4.78, 5) is 4.17. The lowest BCUT2D eigenvalue weighted by atomic mass is 9.86. The Bertz CT molecular complexity index is 473. The molecule has 0 bridgehead atoms. The summed E-state index contributed by atoms with van der Waals surface area (Å²) < 4.78 is 26.6. The molecule has 1 unspecified atom stereocenters. The number of hydrogen-bond acceptors (Lipinski definition) is 3. The number of hydrogen-bond donors (Lipinski definition) is 3. The largest absolute Gasteiger partial charge is 0.355 e. The van der Waals surface area contributed by atoms with Crippen LogP contribution in [0.4, 0.5) is 0 Å². The Morgan fingerprint density at radius 2 is 1.92 bits per heavy atom. The minimum Gasteiger partial charge on any atom is -0.355 e. The second-order valence-electron chi connectivity index (χ2n) is 7.33. The van der Waals surface area contributed by atoms with E-state index in [1.807, 2.05) is 0 Å². The number of rotatable bonds is 11. The van der Waals surface area contributed by atoms with Crippen LogP contribution in [0.25, 0.3) is 0 Å². The second kappa shape index (κ2) is 10.9. The molecule has 0 saturated heterocycles. The molecule has 1 saturated carbocycles. The van der Waals surface area contributed by atoms with Crippen molar-refractivity contribution in [3.05, 3.63) is 0 Å². The van der Waals surface area contributed by atoms with E-state index in [1.54, 1.807) is 7.05 Å². The molecule has 0 aliphatic heterocycles. The summed E-state index contributed by atoms with van der Waals surface area (Å²) in [7, 11) is -1.50. The molecule has 1 fully saturated rings. The Labute approximate surface area is 148 Å². The van der Waals surface area contributed by atoms with E-state index in [1.165, 1.54) is 19.3 Å². The zero-order valence-corrected chi connectivity index (χ0v) is 16.6. The smallest absolute Gasteiger partial charge is 0.213 e. The van der Waals surface area contributed by atoms with Gasteiger partial charge in [0.25, 0.3) is 0 Å². The van der Waals surface area contributed by atoms with Crippen molar-refractivity contribution in [1.29, 1.82) is 0 Å². The summed E-state index contributed by atoms with van der Waals surface area (Å²) in [5, 5.41) is 6.41. The van der Waals surface area contributed by atoms with Gasteiger partial charge in [-0.15, -0.1) is 0 Å². The van der Waals surface area contributed by atoms with Gasteiger partial charge < -0.3 is 10.6 Å². The maximum absolute atomic E-state index is 12.0. The molecule has 3 N–H and O–H groups in total. The van der Waals surface area contributed by atoms with Gasteiger partial charge in [-0.2, -0.15) is 0 Å². The maximum atomic E-state index is 12.0. The van der Waals surface area contributed by atoms with Crippen LogP contribution in [0.2, 0.25) is 0 Å². The standard InChI is InChI=1S/C17H36N4O2S/c1-14(2)7-5-8-15(3)21-17(18-4)19-11-12-24(22,23)20-13-16-9-6-10-16/h14-16,20H,5-13H2,1-4H3,(H2,18,19,21). The van der Waals surface area contributed by atoms with Crippen molar-refractivity contribution < 1.29 is 8.42 Å². The van der Waals surface area contributed by atoms with Crippen molar-refractivity contribution in [2.75, 3.05) is 25.9 Å². The van der Waals surface area contributed by atoms with E-state index in [0.717, 1.165) is 25.2 Å². The van der Waals surface area contributed by atoms with Crippen molar-refractivity contribution in [2.24, 2.45) is 16.8 Å². The third-order valence-electron chi connectivity index (χ3n) is 4.51. The fraction of sp³-hybridized carbons (Fsp3) is 0.941. The van der Waals surface area contributed by atoms with E-state index in [2.05, 4.69) is 41.1 Å². The van der Waals surface area contributed by atoms with E-state index in [9.17, 15) is 8.42 Å². The molecular weight excluding hydrogens is 324 g/mol. The Kier molecular flexibility index (Phi) is 9.66. The molecule has 0 aromatic carbocycles. The first-order valence-electron chi connectivity index (χ1n) is 9.27. The third-order valence-corrected chi connectivity index (χ3v) is 5.85. The molecule has 0 heterocycles. The van der Waals surface area contributed by atoms with E-state index in [4.69, 9.17) is 0 Å². The Morgan fingerprint density at radius 1 is 1.21 bits per heavy atom. The van der Waals surface area contributed by atoms with Crippen molar-refractivity contribution in [2.45, 2.75) is 65.3 Å². The molecule has 0 spiro atoms. The number of guanidine groups is 1. The zero-order valence-electron chi connectivity index (χ0n) is 15.8. The van der Waals surface area contributed by atoms with Crippen LogP contribution in [0.5, 0.6) is 0 Å². The second-order valence-corrected chi connectivity index (χ2v) is 9.26. The molecule has 1 rings (SSSR count). The predicted octanol–water partition coefficient (Wildman–Crippen LogP) is 2.09. The van der Waals surface area contributed by atoms with Gasteiger partial charge in [-0.1, -0.05) is 33.1 Å². The van der Waals surface area contributed by atoms with Gasteiger partial charge >= 0.3 is 0 Å². The van der Waals surface area contributed by atoms with Crippen LogP contribution in [0.15, 0.2) is 4.99 Å². The molecule has 7 heteroatoms. The minimum absolute atomic E-state index is 0.0716. The Hall–Kier alpha value is -0.820. The van der Waals surface area contributed by atoms with Gasteiger partial charge in [0.05, 0.1) is 5.75 Å². The van der Waals surface area contributed by atoms with Crippen molar-refractivity contribution in [3.63, 3.8) is 0 Å². The molecule has 0 aromatic heterocycles. The molecule has 1 aliphatic carbocycles. The quantitative estimate of drug-likeness (QED) is 0.389. The number of sulfonamides is 1. The van der Waals surface area contributed by atoms with E-state index >= 15 is 0 Å². The first-order valence-corrected chi connectivity index (χ1v) is 10.9. The summed E-state index contributed by atoms with van der Waals surface area (Å²) in [5.74, 6) is 2.00. The van der Waals surface area contributed by atoms with Gasteiger partial charge in [-0.25, -0.2) is 13.1 Å². The van der Waals surface area contributed by atoms with Gasteiger partial charge in [-0.3, -0.25) is 4.99 Å². The van der Waals surface area contributed by atoms with Crippen LogP contribution >= 0.6 is 0 Å². The fourth-order valence-corrected chi connectivity index (χ4v) is 3.65. The van der Waals surface area contributed by atoms with Gasteiger partial charge in [-0.05, 0) is 38.0 Å². The monoisotopic (exact) mass is 360 g/mol. The van der Waals surface area contributed by atoms with E-state index in [-0.39, 0.29) is 5.75 Å². The molecule has 0 amide bonds. The van der Waals surface area contributed by atoms with Gasteiger partial charge in [0.1, 0.15) is 0 Å². The molecule has 1 atom stereocenters. The van der Waals surface area contributed by atoms with Gasteiger partial charge in [0.15, 0.2) is 5.96 Å². The van der Waals surface area contributed by atoms with Crippen LogP contribution in [0, 0.1) is 11.8 Å². The predicted molar refractivity (Wildman–Crippen MR) is 102 cm³/mol. The third kappa shape index (κ3) is 9.47. The minimum atomic E-state index is -3.20. The van der Waals surface area contributed by atoms with Crippen LogP contribution < -0.4 is 15.4 Å². The highest BCUT2D eigenvalue weighted by molar-refractivity contribution is 7.89. The summed E-state index contributed by atoms with van der Waals surface area (Å²) >= 11 is 0. The Balaban J connectivity index is 2.20. The van der Waals surface area contributed by atoms with Crippen LogP contribution in [-0.4, -0.2) is 46.3 Å². The molecule has 0 aromatic rings. The highest BCUT2D eigenvalue weighted by Gasteiger charge is 2.20. The lowest BCUT2D eigenvalue weighted by molar-refractivity contribution is 0.316. The van der Waals surface area contributed by atoms with Crippen molar-refractivity contribution in [1.82, 2.24) is 15.4 Å². The first-order chi connectivity index (χ1) is 11.3. The van der Waals surface area contributed by atoms with Crippen LogP contribution in [-0.2, 0) is 10.0 Å². The molecule has 1 aliphatic rings. The Morgan fingerprint density at radius 3 is 2.46 bits per heavy atom. The zero-order chi connectivity index (χ0) is 18.0. The fourth-order valence-electron chi connectivity index (χ4n) is 2.65. The van der Waals surface area contributed by atoms with Gasteiger partial charge in [0.2, 0.25) is 10.0 Å². The molecular formula is C17H36N4O2S. The highest BCUT2D eigenvalue weighted by atomic mass is 32.2. The normalized spacial score (nSPS) is 17.6. The lowest BCUT2D eigenvalue weighted by Crippen LogP contribution is -2.44.